The molecular weight excluding hydrogens is 264 g/mol. The average molecular weight is 284 g/mol. The Bertz CT molecular complexity index is 693. The van der Waals surface area contributed by atoms with Crippen molar-refractivity contribution in [2.24, 2.45) is 0 Å². The van der Waals surface area contributed by atoms with Crippen molar-refractivity contribution >= 4 is 5.69 Å². The van der Waals surface area contributed by atoms with Crippen LogP contribution in [0.2, 0.25) is 0 Å². The lowest BCUT2D eigenvalue weighted by Gasteiger charge is -2.35. The molecular formula is C17H20N2O2. The normalized spacial score (nSPS) is 18.8. The Morgan fingerprint density at radius 3 is 2.86 bits per heavy atom. The minimum Gasteiger partial charge on any atom is -0.377 e. The molecule has 0 bridgehead atoms. The maximum Gasteiger partial charge on any atom is 0.250 e. The molecule has 1 aromatic carbocycles. The largest absolute Gasteiger partial charge is 0.377 e. The smallest absolute Gasteiger partial charge is 0.250 e. The van der Waals surface area contributed by atoms with Crippen LogP contribution in [0.5, 0.6) is 0 Å². The zero-order valence-corrected chi connectivity index (χ0v) is 12.4. The number of aryl methyl sites for hydroxylation is 1. The molecule has 0 saturated carbocycles. The number of H-pyrrole nitrogens is 1. The van der Waals surface area contributed by atoms with E-state index in [1.165, 1.54) is 0 Å². The van der Waals surface area contributed by atoms with Gasteiger partial charge in [-0.2, -0.15) is 0 Å². The van der Waals surface area contributed by atoms with Crippen LogP contribution in [0.25, 0.3) is 11.3 Å². The molecule has 0 radical (unpaired) electrons. The number of hydrogen-bond acceptors (Lipinski definition) is 3. The highest BCUT2D eigenvalue weighted by atomic mass is 16.5. The van der Waals surface area contributed by atoms with Crippen LogP contribution in [-0.4, -0.2) is 30.8 Å². The first kappa shape index (κ1) is 13.9. The van der Waals surface area contributed by atoms with Gasteiger partial charge in [0.25, 0.3) is 0 Å². The van der Waals surface area contributed by atoms with Gasteiger partial charge in [-0.05, 0) is 25.5 Å². The first-order valence-corrected chi connectivity index (χ1v) is 7.30. The number of nitrogens with zero attached hydrogens (tertiary/aromatic N) is 1. The van der Waals surface area contributed by atoms with E-state index in [4.69, 9.17) is 4.74 Å². The number of pyridine rings is 1. The standard InChI is InChI=1S/C17H20N2O2/c1-12-5-3-4-6-15(12)16-9-14(10-17(20)18-16)19-7-8-21-11-13(19)2/h3-6,9-10,13H,7-8,11H2,1-2H3,(H,18,20)/t13-/m0/s1. The van der Waals surface area contributed by atoms with Gasteiger partial charge in [0.2, 0.25) is 5.56 Å². The van der Waals surface area contributed by atoms with Crippen molar-refractivity contribution in [3.8, 4) is 11.3 Å². The molecule has 1 N–H and O–H groups in total. The summed E-state index contributed by atoms with van der Waals surface area (Å²) in [5.74, 6) is 0. The van der Waals surface area contributed by atoms with Crippen molar-refractivity contribution in [1.29, 1.82) is 0 Å². The molecule has 21 heavy (non-hydrogen) atoms. The second kappa shape index (κ2) is 5.74. The molecule has 0 aliphatic carbocycles. The summed E-state index contributed by atoms with van der Waals surface area (Å²) in [4.78, 5) is 17.2. The highest BCUT2D eigenvalue weighted by Gasteiger charge is 2.20. The summed E-state index contributed by atoms with van der Waals surface area (Å²) in [5, 5.41) is 0. The van der Waals surface area contributed by atoms with Crippen molar-refractivity contribution in [3.63, 3.8) is 0 Å². The number of aromatic nitrogens is 1. The van der Waals surface area contributed by atoms with E-state index in [-0.39, 0.29) is 11.6 Å². The third-order valence-electron chi connectivity index (χ3n) is 3.96. The van der Waals surface area contributed by atoms with Crippen molar-refractivity contribution in [2.45, 2.75) is 19.9 Å². The first-order valence-electron chi connectivity index (χ1n) is 7.30. The summed E-state index contributed by atoms with van der Waals surface area (Å²) >= 11 is 0. The average Bonchev–Trinajstić information content (AvgIpc) is 2.47. The van der Waals surface area contributed by atoms with Gasteiger partial charge in [0.1, 0.15) is 0 Å². The number of ether oxygens (including phenoxy) is 1. The third kappa shape index (κ3) is 2.85. The van der Waals surface area contributed by atoms with Gasteiger partial charge in [-0.15, -0.1) is 0 Å². The maximum absolute atomic E-state index is 12.0. The molecule has 0 spiro atoms. The minimum absolute atomic E-state index is 0.0653. The van der Waals surface area contributed by atoms with E-state index in [2.05, 4.69) is 35.9 Å². The van der Waals surface area contributed by atoms with Crippen LogP contribution in [0.1, 0.15) is 12.5 Å². The monoisotopic (exact) mass is 284 g/mol. The summed E-state index contributed by atoms with van der Waals surface area (Å²) in [6, 6.07) is 12.1. The Morgan fingerprint density at radius 2 is 2.10 bits per heavy atom. The van der Waals surface area contributed by atoms with Crippen LogP contribution >= 0.6 is 0 Å². The van der Waals surface area contributed by atoms with Gasteiger partial charge < -0.3 is 14.6 Å². The van der Waals surface area contributed by atoms with E-state index in [0.717, 1.165) is 29.1 Å². The second-order valence-electron chi connectivity index (χ2n) is 5.55. The summed E-state index contributed by atoms with van der Waals surface area (Å²) in [5.41, 5.74) is 3.99. The molecule has 2 aromatic rings. The van der Waals surface area contributed by atoms with Crippen molar-refractivity contribution < 1.29 is 4.74 Å². The van der Waals surface area contributed by atoms with E-state index < -0.39 is 0 Å². The highest BCUT2D eigenvalue weighted by Crippen LogP contribution is 2.25. The molecule has 1 aliphatic heterocycles. The molecule has 4 nitrogen and oxygen atoms in total. The second-order valence-corrected chi connectivity index (χ2v) is 5.55. The Morgan fingerprint density at radius 1 is 1.29 bits per heavy atom. The number of aromatic amines is 1. The lowest BCUT2D eigenvalue weighted by atomic mass is 10.0. The Balaban J connectivity index is 2.04. The number of hydrogen-bond donors (Lipinski definition) is 1. The summed E-state index contributed by atoms with van der Waals surface area (Å²) < 4.78 is 5.47. The van der Waals surface area contributed by atoms with Gasteiger partial charge in [0.05, 0.1) is 18.9 Å². The van der Waals surface area contributed by atoms with Crippen LogP contribution in [0, 0.1) is 6.92 Å². The van der Waals surface area contributed by atoms with Crippen LogP contribution in [-0.2, 0) is 4.74 Å². The molecule has 1 fully saturated rings. The lowest BCUT2D eigenvalue weighted by molar-refractivity contribution is 0.0989. The number of rotatable bonds is 2. The summed E-state index contributed by atoms with van der Waals surface area (Å²) in [6.45, 7) is 6.40. The zero-order valence-electron chi connectivity index (χ0n) is 12.4. The molecule has 3 rings (SSSR count). The quantitative estimate of drug-likeness (QED) is 0.922. The Hall–Kier alpha value is -2.07. The first-order chi connectivity index (χ1) is 10.1. The molecule has 1 aliphatic rings. The fourth-order valence-electron chi connectivity index (χ4n) is 2.83. The van der Waals surface area contributed by atoms with Gasteiger partial charge in [-0.1, -0.05) is 24.3 Å². The Labute approximate surface area is 124 Å². The number of morpholine rings is 1. The lowest BCUT2D eigenvalue weighted by Crippen LogP contribution is -2.44. The molecule has 1 atom stereocenters. The van der Waals surface area contributed by atoms with E-state index in [9.17, 15) is 4.79 Å². The van der Waals surface area contributed by atoms with Crippen molar-refractivity contribution in [3.05, 3.63) is 52.3 Å². The Kier molecular flexibility index (Phi) is 3.80. The molecule has 110 valence electrons. The summed E-state index contributed by atoms with van der Waals surface area (Å²) in [7, 11) is 0. The maximum atomic E-state index is 12.0. The summed E-state index contributed by atoms with van der Waals surface area (Å²) in [6.07, 6.45) is 0. The van der Waals surface area contributed by atoms with Gasteiger partial charge in [-0.25, -0.2) is 0 Å². The van der Waals surface area contributed by atoms with Crippen LogP contribution in [0.3, 0.4) is 0 Å². The van der Waals surface area contributed by atoms with E-state index >= 15 is 0 Å². The molecule has 0 amide bonds. The molecule has 1 aromatic heterocycles. The van der Waals surface area contributed by atoms with Crippen LogP contribution in [0.4, 0.5) is 5.69 Å². The van der Waals surface area contributed by atoms with Crippen molar-refractivity contribution in [1.82, 2.24) is 4.98 Å². The van der Waals surface area contributed by atoms with Gasteiger partial charge in [0, 0.05) is 29.9 Å². The SMILES string of the molecule is Cc1ccccc1-c1cc(N2CCOC[C@@H]2C)cc(=O)[nH]1. The molecule has 2 heterocycles. The predicted molar refractivity (Wildman–Crippen MR) is 84.9 cm³/mol. The zero-order chi connectivity index (χ0) is 14.8. The molecule has 0 unspecified atom stereocenters. The predicted octanol–water partition coefficient (Wildman–Crippen LogP) is 2.58. The third-order valence-corrected chi connectivity index (χ3v) is 3.96. The van der Waals surface area contributed by atoms with Crippen LogP contribution < -0.4 is 10.5 Å². The fourth-order valence-corrected chi connectivity index (χ4v) is 2.83. The minimum atomic E-state index is -0.0653. The topological polar surface area (TPSA) is 45.3 Å². The fraction of sp³-hybridized carbons (Fsp3) is 0.353. The molecule has 4 heteroatoms. The molecule has 1 saturated heterocycles. The number of benzene rings is 1. The van der Waals surface area contributed by atoms with Gasteiger partial charge >= 0.3 is 0 Å². The van der Waals surface area contributed by atoms with E-state index in [1.54, 1.807) is 6.07 Å². The highest BCUT2D eigenvalue weighted by molar-refractivity contribution is 5.67. The van der Waals surface area contributed by atoms with Gasteiger partial charge in [0.15, 0.2) is 0 Å². The van der Waals surface area contributed by atoms with E-state index in [0.29, 0.717) is 13.2 Å². The number of anilines is 1. The van der Waals surface area contributed by atoms with Crippen molar-refractivity contribution in [2.75, 3.05) is 24.7 Å². The van der Waals surface area contributed by atoms with E-state index in [1.807, 2.05) is 18.2 Å². The van der Waals surface area contributed by atoms with Crippen LogP contribution in [0.15, 0.2) is 41.2 Å². The number of nitrogens with one attached hydrogen (secondary N) is 1. The van der Waals surface area contributed by atoms with Gasteiger partial charge in [-0.3, -0.25) is 4.79 Å².